The van der Waals surface area contributed by atoms with Gasteiger partial charge in [-0.25, -0.2) is 4.79 Å². The van der Waals surface area contributed by atoms with Crippen LogP contribution in [0.2, 0.25) is 0 Å². The molecule has 0 aromatic heterocycles. The molecule has 0 saturated heterocycles. The van der Waals surface area contributed by atoms with Gasteiger partial charge in [-0.05, 0) is 49.2 Å². The van der Waals surface area contributed by atoms with E-state index in [0.29, 0.717) is 11.3 Å². The van der Waals surface area contributed by atoms with Crippen molar-refractivity contribution in [2.45, 2.75) is 13.8 Å². The summed E-state index contributed by atoms with van der Waals surface area (Å²) in [5.74, 6) is 0.195. The van der Waals surface area contributed by atoms with Crippen LogP contribution in [0.3, 0.4) is 0 Å². The van der Waals surface area contributed by atoms with Gasteiger partial charge in [0.25, 0.3) is 0 Å². The molecule has 3 aromatic rings. The summed E-state index contributed by atoms with van der Waals surface area (Å²) in [7, 11) is 0. The van der Waals surface area contributed by atoms with Crippen LogP contribution in [0.25, 0.3) is 12.2 Å². The van der Waals surface area contributed by atoms with Crippen molar-refractivity contribution in [3.05, 3.63) is 101 Å². The first kappa shape index (κ1) is 16.7. The van der Waals surface area contributed by atoms with Gasteiger partial charge in [-0.3, -0.25) is 0 Å². The zero-order chi connectivity index (χ0) is 17.6. The monoisotopic (exact) mass is 328 g/mol. The first-order valence-corrected chi connectivity index (χ1v) is 8.24. The average Bonchev–Trinajstić information content (AvgIpc) is 2.63. The molecule has 0 atom stereocenters. The van der Waals surface area contributed by atoms with Gasteiger partial charge in [0.05, 0.1) is 5.56 Å². The number of carbonyl (C=O) groups is 1. The van der Waals surface area contributed by atoms with Crippen molar-refractivity contribution in [3.63, 3.8) is 0 Å². The highest BCUT2D eigenvalue weighted by Gasteiger charge is 2.07. The van der Waals surface area contributed by atoms with Crippen LogP contribution >= 0.6 is 0 Å². The Bertz CT molecular complexity index is 871. The van der Waals surface area contributed by atoms with E-state index in [1.54, 1.807) is 24.3 Å². The lowest BCUT2D eigenvalue weighted by molar-refractivity contribution is 0.0735. The molecule has 0 unspecified atom stereocenters. The van der Waals surface area contributed by atoms with Crippen LogP contribution < -0.4 is 4.74 Å². The average molecular weight is 328 g/mol. The van der Waals surface area contributed by atoms with Gasteiger partial charge in [-0.1, -0.05) is 71.8 Å². The molecule has 0 radical (unpaired) electrons. The van der Waals surface area contributed by atoms with Crippen molar-refractivity contribution in [1.29, 1.82) is 0 Å². The van der Waals surface area contributed by atoms with Gasteiger partial charge in [-0.2, -0.15) is 0 Å². The summed E-state index contributed by atoms with van der Waals surface area (Å²) in [6.07, 6.45) is 4.10. The van der Waals surface area contributed by atoms with Crippen LogP contribution in [-0.2, 0) is 0 Å². The largest absolute Gasteiger partial charge is 0.423 e. The van der Waals surface area contributed by atoms with Gasteiger partial charge in [0.2, 0.25) is 0 Å². The molecule has 0 spiro atoms. The van der Waals surface area contributed by atoms with Gasteiger partial charge in [0.15, 0.2) is 0 Å². The number of esters is 1. The fourth-order valence-corrected chi connectivity index (χ4v) is 2.37. The third-order valence-electron chi connectivity index (χ3n) is 3.92. The van der Waals surface area contributed by atoms with E-state index < -0.39 is 0 Å². The Morgan fingerprint density at radius 3 is 1.64 bits per heavy atom. The summed E-state index contributed by atoms with van der Waals surface area (Å²) in [5, 5.41) is 0. The molecule has 2 heteroatoms. The number of hydrogen-bond acceptors (Lipinski definition) is 2. The Labute approximate surface area is 148 Å². The Kier molecular flexibility index (Phi) is 5.10. The maximum atomic E-state index is 12.1. The molecule has 0 heterocycles. The highest BCUT2D eigenvalue weighted by molar-refractivity contribution is 5.91. The molecular formula is C23H20O2. The quantitative estimate of drug-likeness (QED) is 0.349. The van der Waals surface area contributed by atoms with E-state index in [4.69, 9.17) is 4.74 Å². The zero-order valence-corrected chi connectivity index (χ0v) is 14.4. The van der Waals surface area contributed by atoms with Crippen LogP contribution in [0.4, 0.5) is 0 Å². The number of benzene rings is 3. The Morgan fingerprint density at radius 1 is 0.680 bits per heavy atom. The van der Waals surface area contributed by atoms with Crippen molar-refractivity contribution < 1.29 is 9.53 Å². The minimum absolute atomic E-state index is 0.344. The number of rotatable bonds is 4. The molecule has 124 valence electrons. The van der Waals surface area contributed by atoms with Crippen LogP contribution in [0.1, 0.15) is 32.6 Å². The minimum atomic E-state index is -0.344. The summed E-state index contributed by atoms with van der Waals surface area (Å²) < 4.78 is 5.41. The molecule has 0 aliphatic carbocycles. The first-order chi connectivity index (χ1) is 12.1. The third kappa shape index (κ3) is 4.67. The third-order valence-corrected chi connectivity index (χ3v) is 3.92. The highest BCUT2D eigenvalue weighted by Crippen LogP contribution is 2.16. The number of aryl methyl sites for hydroxylation is 2. The summed E-state index contributed by atoms with van der Waals surface area (Å²) in [6, 6.07) is 23.2. The van der Waals surface area contributed by atoms with Crippen molar-refractivity contribution in [2.24, 2.45) is 0 Å². The van der Waals surface area contributed by atoms with E-state index in [2.05, 4.69) is 37.3 Å². The summed E-state index contributed by atoms with van der Waals surface area (Å²) >= 11 is 0. The second-order valence-electron chi connectivity index (χ2n) is 6.07. The lowest BCUT2D eigenvalue weighted by atomic mass is 10.1. The van der Waals surface area contributed by atoms with Gasteiger partial charge in [-0.15, -0.1) is 0 Å². The fourth-order valence-electron chi connectivity index (χ4n) is 2.37. The van der Waals surface area contributed by atoms with Crippen molar-refractivity contribution in [3.8, 4) is 5.75 Å². The van der Waals surface area contributed by atoms with Crippen molar-refractivity contribution in [1.82, 2.24) is 0 Å². The predicted molar refractivity (Wildman–Crippen MR) is 103 cm³/mol. The first-order valence-electron chi connectivity index (χ1n) is 8.24. The summed E-state index contributed by atoms with van der Waals surface area (Å²) in [4.78, 5) is 12.1. The molecule has 3 rings (SSSR count). The molecular weight excluding hydrogens is 308 g/mol. The van der Waals surface area contributed by atoms with Crippen molar-refractivity contribution in [2.75, 3.05) is 0 Å². The number of hydrogen-bond donors (Lipinski definition) is 0. The Hall–Kier alpha value is -3.13. The smallest absolute Gasteiger partial charge is 0.343 e. The Balaban J connectivity index is 1.64. The molecule has 0 fully saturated rings. The van der Waals surface area contributed by atoms with Crippen LogP contribution in [0, 0.1) is 13.8 Å². The van der Waals surface area contributed by atoms with Crippen molar-refractivity contribution >= 4 is 18.1 Å². The maximum Gasteiger partial charge on any atom is 0.343 e. The van der Waals surface area contributed by atoms with E-state index in [9.17, 15) is 4.79 Å². The molecule has 3 aromatic carbocycles. The molecule has 0 N–H and O–H groups in total. The predicted octanol–water partition coefficient (Wildman–Crippen LogP) is 5.69. The highest BCUT2D eigenvalue weighted by atomic mass is 16.5. The lowest BCUT2D eigenvalue weighted by Gasteiger charge is -2.05. The number of carbonyl (C=O) groups excluding carboxylic acids is 1. The summed E-state index contributed by atoms with van der Waals surface area (Å²) in [5.41, 5.74) is 5.11. The van der Waals surface area contributed by atoms with Gasteiger partial charge in [0, 0.05) is 0 Å². The lowest BCUT2D eigenvalue weighted by Crippen LogP contribution is -2.08. The SMILES string of the molecule is Cc1ccc(/C=C/c2ccc(OC(=O)c3ccc(C)cc3)cc2)cc1. The normalized spacial score (nSPS) is 10.8. The second kappa shape index (κ2) is 7.63. The molecule has 0 aliphatic heterocycles. The zero-order valence-electron chi connectivity index (χ0n) is 14.4. The van der Waals surface area contributed by atoms with E-state index in [-0.39, 0.29) is 5.97 Å². The minimum Gasteiger partial charge on any atom is -0.423 e. The van der Waals surface area contributed by atoms with Crippen LogP contribution in [-0.4, -0.2) is 5.97 Å². The molecule has 2 nitrogen and oxygen atoms in total. The molecule has 25 heavy (non-hydrogen) atoms. The molecule has 0 amide bonds. The molecule has 0 saturated carbocycles. The van der Waals surface area contributed by atoms with E-state index >= 15 is 0 Å². The van der Waals surface area contributed by atoms with Gasteiger partial charge in [0.1, 0.15) is 5.75 Å². The second-order valence-corrected chi connectivity index (χ2v) is 6.07. The molecule has 0 aliphatic rings. The van der Waals surface area contributed by atoms with E-state index in [1.165, 1.54) is 5.56 Å². The van der Waals surface area contributed by atoms with Crippen LogP contribution in [0.5, 0.6) is 5.75 Å². The van der Waals surface area contributed by atoms with Crippen LogP contribution in [0.15, 0.2) is 72.8 Å². The van der Waals surface area contributed by atoms with Gasteiger partial charge < -0.3 is 4.74 Å². The summed E-state index contributed by atoms with van der Waals surface area (Å²) in [6.45, 7) is 4.06. The van der Waals surface area contributed by atoms with E-state index in [0.717, 1.165) is 16.7 Å². The Morgan fingerprint density at radius 2 is 1.12 bits per heavy atom. The van der Waals surface area contributed by atoms with Gasteiger partial charge >= 0.3 is 5.97 Å². The standard InChI is InChI=1S/C23H20O2/c1-17-3-7-19(8-4-17)9-10-20-11-15-22(16-12-20)25-23(24)21-13-5-18(2)6-14-21/h3-16H,1-2H3/b10-9+. The number of ether oxygens (including phenoxy) is 1. The topological polar surface area (TPSA) is 26.3 Å². The maximum absolute atomic E-state index is 12.1. The van der Waals surface area contributed by atoms with E-state index in [1.807, 2.05) is 37.3 Å². The molecule has 0 bridgehead atoms. The fraction of sp³-hybridized carbons (Fsp3) is 0.0870.